The molecular weight excluding hydrogens is 328 g/mol. The molecule has 4 nitrogen and oxygen atoms in total. The highest BCUT2D eigenvalue weighted by Gasteiger charge is 2.43. The molecule has 1 N–H and O–H groups in total. The summed E-state index contributed by atoms with van der Waals surface area (Å²) in [4.78, 5) is 12.3. The van der Waals surface area contributed by atoms with Crippen molar-refractivity contribution in [3.05, 3.63) is 71.8 Å². The Morgan fingerprint density at radius 2 is 1.62 bits per heavy atom. The maximum atomic E-state index is 12.3. The van der Waals surface area contributed by atoms with Crippen LogP contribution in [-0.4, -0.2) is 24.3 Å². The van der Waals surface area contributed by atoms with Crippen LogP contribution in [0.25, 0.3) is 0 Å². The molecule has 0 aliphatic rings. The van der Waals surface area contributed by atoms with E-state index in [-0.39, 0.29) is 13.0 Å². The van der Waals surface area contributed by atoms with Gasteiger partial charge in [-0.25, -0.2) is 0 Å². The van der Waals surface area contributed by atoms with Crippen LogP contribution in [0.15, 0.2) is 60.7 Å². The van der Waals surface area contributed by atoms with E-state index in [1.165, 1.54) is 0 Å². The molecule has 0 unspecified atom stereocenters. The van der Waals surface area contributed by atoms with E-state index < -0.39 is 17.7 Å². The van der Waals surface area contributed by atoms with Gasteiger partial charge >= 0.3 is 5.97 Å². The minimum atomic E-state index is -1.52. The summed E-state index contributed by atoms with van der Waals surface area (Å²) in [7, 11) is 0. The number of hydrogen-bond acceptors (Lipinski definition) is 4. The van der Waals surface area contributed by atoms with Crippen LogP contribution >= 0.6 is 0 Å². The highest BCUT2D eigenvalue weighted by atomic mass is 16.5. The monoisotopic (exact) mass is 356 g/mol. The van der Waals surface area contributed by atoms with E-state index in [4.69, 9.17) is 9.47 Å². The largest absolute Gasteiger partial charge is 0.466 e. The van der Waals surface area contributed by atoms with Crippen LogP contribution in [0.1, 0.15) is 44.4 Å². The highest BCUT2D eigenvalue weighted by molar-refractivity contribution is 5.71. The first-order valence-electron chi connectivity index (χ1n) is 9.07. The first-order valence-corrected chi connectivity index (χ1v) is 9.07. The van der Waals surface area contributed by atoms with Crippen molar-refractivity contribution in [1.29, 1.82) is 0 Å². The second kappa shape index (κ2) is 9.51. The van der Waals surface area contributed by atoms with Crippen LogP contribution in [0.3, 0.4) is 0 Å². The molecule has 0 radical (unpaired) electrons. The van der Waals surface area contributed by atoms with Crippen LogP contribution in [0, 0.1) is 5.92 Å². The van der Waals surface area contributed by atoms with Crippen molar-refractivity contribution in [2.24, 2.45) is 5.92 Å². The number of hydrogen-bond donors (Lipinski definition) is 1. The Balaban J connectivity index is 2.48. The molecule has 0 fully saturated rings. The summed E-state index contributed by atoms with van der Waals surface area (Å²) in [5.41, 5.74) is -0.0708. The standard InChI is InChI=1S/C22H28O4/c1-4-25-20(23)15-22(24,19-13-9-6-10-14-19)21(26-16-17(2)3)18-11-7-5-8-12-18/h5-14,17,21,24H,4,15-16H2,1-3H3/t21-,22+/m0/s1. The quantitative estimate of drug-likeness (QED) is 0.683. The normalized spacial score (nSPS) is 14.7. The summed E-state index contributed by atoms with van der Waals surface area (Å²) < 4.78 is 11.2. The Morgan fingerprint density at radius 1 is 1.04 bits per heavy atom. The lowest BCUT2D eigenvalue weighted by molar-refractivity contribution is -0.164. The molecule has 2 rings (SSSR count). The summed E-state index contributed by atoms with van der Waals surface area (Å²) >= 11 is 0. The number of carbonyl (C=O) groups excluding carboxylic acids is 1. The SMILES string of the molecule is CCOC(=O)C[C@@](O)(c1ccccc1)[C@@H](OCC(C)C)c1ccccc1. The predicted molar refractivity (Wildman–Crippen MR) is 102 cm³/mol. The smallest absolute Gasteiger partial charge is 0.309 e. The highest BCUT2D eigenvalue weighted by Crippen LogP contribution is 2.41. The summed E-state index contributed by atoms with van der Waals surface area (Å²) in [6.45, 7) is 6.59. The molecule has 0 heterocycles. The van der Waals surface area contributed by atoms with E-state index in [1.54, 1.807) is 6.92 Å². The van der Waals surface area contributed by atoms with Gasteiger partial charge in [0.2, 0.25) is 0 Å². The van der Waals surface area contributed by atoms with Gasteiger partial charge in [0.05, 0.1) is 13.0 Å². The van der Waals surface area contributed by atoms with E-state index in [2.05, 4.69) is 13.8 Å². The molecular formula is C22H28O4. The molecule has 140 valence electrons. The fraction of sp³-hybridized carbons (Fsp3) is 0.409. The third-order valence-electron chi connectivity index (χ3n) is 4.13. The first kappa shape index (κ1) is 20.1. The van der Waals surface area contributed by atoms with Gasteiger partial charge in [-0.2, -0.15) is 0 Å². The van der Waals surface area contributed by atoms with Gasteiger partial charge < -0.3 is 14.6 Å². The average Bonchev–Trinajstić information content (AvgIpc) is 2.63. The zero-order chi connectivity index (χ0) is 19.0. The van der Waals surface area contributed by atoms with Crippen molar-refractivity contribution in [3.63, 3.8) is 0 Å². The van der Waals surface area contributed by atoms with Crippen molar-refractivity contribution in [3.8, 4) is 0 Å². The van der Waals surface area contributed by atoms with Crippen LogP contribution in [0.2, 0.25) is 0 Å². The summed E-state index contributed by atoms with van der Waals surface area (Å²) in [6, 6.07) is 18.7. The summed E-state index contributed by atoms with van der Waals surface area (Å²) in [5.74, 6) is -0.156. The third kappa shape index (κ3) is 5.16. The van der Waals surface area contributed by atoms with Crippen LogP contribution in [-0.2, 0) is 19.9 Å². The van der Waals surface area contributed by atoms with Crippen molar-refractivity contribution >= 4 is 5.97 Å². The van der Waals surface area contributed by atoms with Crippen LogP contribution in [0.5, 0.6) is 0 Å². The minimum absolute atomic E-state index is 0.178. The Morgan fingerprint density at radius 3 is 2.15 bits per heavy atom. The molecule has 2 atom stereocenters. The molecule has 0 bridgehead atoms. The van der Waals surface area contributed by atoms with E-state index in [1.807, 2.05) is 60.7 Å². The van der Waals surface area contributed by atoms with Gasteiger partial charge in [-0.1, -0.05) is 74.5 Å². The Bertz CT molecular complexity index is 669. The van der Waals surface area contributed by atoms with Crippen LogP contribution in [0.4, 0.5) is 0 Å². The van der Waals surface area contributed by atoms with Gasteiger partial charge in [-0.3, -0.25) is 4.79 Å². The van der Waals surface area contributed by atoms with Gasteiger partial charge in [-0.05, 0) is 24.0 Å². The number of aliphatic hydroxyl groups is 1. The van der Waals surface area contributed by atoms with Crippen molar-refractivity contribution in [2.75, 3.05) is 13.2 Å². The molecule has 2 aromatic carbocycles. The molecule has 0 amide bonds. The van der Waals surface area contributed by atoms with Crippen molar-refractivity contribution in [2.45, 2.75) is 38.9 Å². The van der Waals surface area contributed by atoms with Gasteiger partial charge in [0.1, 0.15) is 11.7 Å². The van der Waals surface area contributed by atoms with Crippen molar-refractivity contribution in [1.82, 2.24) is 0 Å². The third-order valence-corrected chi connectivity index (χ3v) is 4.13. The number of carbonyl (C=O) groups is 1. The Kier molecular flexibility index (Phi) is 7.37. The van der Waals surface area contributed by atoms with E-state index in [9.17, 15) is 9.90 Å². The van der Waals surface area contributed by atoms with Crippen LogP contribution < -0.4 is 0 Å². The lowest BCUT2D eigenvalue weighted by atomic mass is 9.81. The van der Waals surface area contributed by atoms with Gasteiger partial charge in [0.25, 0.3) is 0 Å². The molecule has 0 spiro atoms. The molecule has 0 saturated heterocycles. The number of esters is 1. The molecule has 0 saturated carbocycles. The lowest BCUT2D eigenvalue weighted by Gasteiger charge is -2.36. The number of ether oxygens (including phenoxy) is 2. The molecule has 0 aliphatic carbocycles. The molecule has 2 aromatic rings. The van der Waals surface area contributed by atoms with E-state index in [0.29, 0.717) is 18.1 Å². The zero-order valence-electron chi connectivity index (χ0n) is 15.7. The minimum Gasteiger partial charge on any atom is -0.466 e. The first-order chi connectivity index (χ1) is 12.5. The molecule has 26 heavy (non-hydrogen) atoms. The Labute approximate surface area is 155 Å². The van der Waals surface area contributed by atoms with Gasteiger partial charge in [0, 0.05) is 6.61 Å². The second-order valence-electron chi connectivity index (χ2n) is 6.79. The van der Waals surface area contributed by atoms with E-state index >= 15 is 0 Å². The Hall–Kier alpha value is -2.17. The number of benzene rings is 2. The van der Waals surface area contributed by atoms with Crippen molar-refractivity contribution < 1.29 is 19.4 Å². The maximum Gasteiger partial charge on any atom is 0.309 e. The number of rotatable bonds is 9. The topological polar surface area (TPSA) is 55.8 Å². The summed E-state index contributed by atoms with van der Waals surface area (Å²) in [6.07, 6.45) is -0.861. The molecule has 4 heteroatoms. The second-order valence-corrected chi connectivity index (χ2v) is 6.79. The maximum absolute atomic E-state index is 12.3. The average molecular weight is 356 g/mol. The van der Waals surface area contributed by atoms with Gasteiger partial charge in [-0.15, -0.1) is 0 Å². The zero-order valence-corrected chi connectivity index (χ0v) is 15.7. The fourth-order valence-electron chi connectivity index (χ4n) is 2.93. The fourth-order valence-corrected chi connectivity index (χ4v) is 2.93. The summed E-state index contributed by atoms with van der Waals surface area (Å²) in [5, 5.41) is 11.7. The molecule has 0 aliphatic heterocycles. The van der Waals surface area contributed by atoms with E-state index in [0.717, 1.165) is 5.56 Å². The van der Waals surface area contributed by atoms with Gasteiger partial charge in [0.15, 0.2) is 0 Å². The molecule has 0 aromatic heterocycles. The lowest BCUT2D eigenvalue weighted by Crippen LogP contribution is -2.38. The predicted octanol–water partition coefficient (Wildman–Crippen LogP) is 4.24.